The van der Waals surface area contributed by atoms with Crippen molar-refractivity contribution in [2.45, 2.75) is 44.7 Å². The van der Waals surface area contributed by atoms with Crippen LogP contribution in [0.15, 0.2) is 12.4 Å². The standard InChI is InChI=1S/C11H18N4/c1-8-11(14-7-6-13-8)15-10-5-3-2-4-9(10)12/h6-7,9-10H,2-5,12H2,1H3,(H,14,15). The van der Waals surface area contributed by atoms with Crippen LogP contribution in [-0.2, 0) is 0 Å². The largest absolute Gasteiger partial charge is 0.364 e. The Kier molecular flexibility index (Phi) is 3.16. The van der Waals surface area contributed by atoms with Crippen molar-refractivity contribution < 1.29 is 0 Å². The maximum absolute atomic E-state index is 6.07. The highest BCUT2D eigenvalue weighted by atomic mass is 15.1. The number of nitrogens with zero attached hydrogens (tertiary/aromatic N) is 2. The van der Waals surface area contributed by atoms with Gasteiger partial charge in [-0.1, -0.05) is 12.8 Å². The van der Waals surface area contributed by atoms with Crippen LogP contribution >= 0.6 is 0 Å². The van der Waals surface area contributed by atoms with Gasteiger partial charge < -0.3 is 11.1 Å². The van der Waals surface area contributed by atoms with Crippen molar-refractivity contribution in [3.05, 3.63) is 18.1 Å². The van der Waals surface area contributed by atoms with E-state index in [4.69, 9.17) is 5.73 Å². The SMILES string of the molecule is Cc1nccnc1NC1CCCCC1N. The molecule has 0 saturated heterocycles. The molecule has 4 nitrogen and oxygen atoms in total. The Hall–Kier alpha value is -1.16. The third kappa shape index (κ3) is 2.45. The fourth-order valence-corrected chi connectivity index (χ4v) is 2.06. The van der Waals surface area contributed by atoms with Gasteiger partial charge >= 0.3 is 0 Å². The molecule has 1 saturated carbocycles. The summed E-state index contributed by atoms with van der Waals surface area (Å²) in [5.74, 6) is 0.875. The quantitative estimate of drug-likeness (QED) is 0.769. The fourth-order valence-electron chi connectivity index (χ4n) is 2.06. The molecule has 1 aliphatic rings. The van der Waals surface area contributed by atoms with Crippen LogP contribution in [-0.4, -0.2) is 22.1 Å². The maximum Gasteiger partial charge on any atom is 0.147 e. The van der Waals surface area contributed by atoms with Gasteiger partial charge in [0.15, 0.2) is 0 Å². The van der Waals surface area contributed by atoms with Gasteiger partial charge in [-0.3, -0.25) is 4.98 Å². The highest BCUT2D eigenvalue weighted by Crippen LogP contribution is 2.20. The average molecular weight is 206 g/mol. The zero-order chi connectivity index (χ0) is 10.7. The highest BCUT2D eigenvalue weighted by Gasteiger charge is 2.22. The van der Waals surface area contributed by atoms with Crippen LogP contribution in [0.1, 0.15) is 31.4 Å². The second-order valence-electron chi connectivity index (χ2n) is 4.19. The van der Waals surface area contributed by atoms with Gasteiger partial charge in [0, 0.05) is 24.5 Å². The summed E-state index contributed by atoms with van der Waals surface area (Å²) in [6.07, 6.45) is 8.17. The van der Waals surface area contributed by atoms with Crippen molar-refractivity contribution >= 4 is 5.82 Å². The molecule has 0 aliphatic heterocycles. The minimum absolute atomic E-state index is 0.250. The lowest BCUT2D eigenvalue weighted by molar-refractivity contribution is 0.403. The van der Waals surface area contributed by atoms with E-state index in [1.165, 1.54) is 12.8 Å². The minimum atomic E-state index is 0.250. The van der Waals surface area contributed by atoms with Gasteiger partial charge in [-0.05, 0) is 19.8 Å². The second kappa shape index (κ2) is 4.57. The topological polar surface area (TPSA) is 63.8 Å². The number of hydrogen-bond donors (Lipinski definition) is 2. The molecule has 1 aromatic heterocycles. The third-order valence-electron chi connectivity index (χ3n) is 3.02. The van der Waals surface area contributed by atoms with E-state index in [9.17, 15) is 0 Å². The number of nitrogens with two attached hydrogens (primary N) is 1. The molecule has 3 N–H and O–H groups in total. The minimum Gasteiger partial charge on any atom is -0.364 e. The Balaban J connectivity index is 2.04. The zero-order valence-electron chi connectivity index (χ0n) is 9.11. The summed E-state index contributed by atoms with van der Waals surface area (Å²) in [5.41, 5.74) is 7.01. The molecule has 0 aromatic carbocycles. The monoisotopic (exact) mass is 206 g/mol. The maximum atomic E-state index is 6.07. The van der Waals surface area contributed by atoms with Gasteiger partial charge in [-0.15, -0.1) is 0 Å². The van der Waals surface area contributed by atoms with Crippen molar-refractivity contribution in [1.29, 1.82) is 0 Å². The predicted octanol–water partition coefficient (Wildman–Crippen LogP) is 1.47. The zero-order valence-corrected chi connectivity index (χ0v) is 9.11. The van der Waals surface area contributed by atoms with E-state index in [0.717, 1.165) is 24.4 Å². The third-order valence-corrected chi connectivity index (χ3v) is 3.02. The lowest BCUT2D eigenvalue weighted by atomic mass is 9.91. The molecule has 0 amide bonds. The van der Waals surface area contributed by atoms with Crippen molar-refractivity contribution in [2.75, 3.05) is 5.32 Å². The van der Waals surface area contributed by atoms with Crippen LogP contribution in [0.2, 0.25) is 0 Å². The molecule has 15 heavy (non-hydrogen) atoms. The van der Waals surface area contributed by atoms with E-state index in [0.29, 0.717) is 6.04 Å². The van der Waals surface area contributed by atoms with Gasteiger partial charge in [0.05, 0.1) is 5.69 Å². The molecule has 0 spiro atoms. The summed E-state index contributed by atoms with van der Waals surface area (Å²) in [6, 6.07) is 0.606. The molecule has 1 heterocycles. The first-order valence-corrected chi connectivity index (χ1v) is 5.57. The van der Waals surface area contributed by atoms with E-state index < -0.39 is 0 Å². The number of aromatic nitrogens is 2. The van der Waals surface area contributed by atoms with Crippen molar-refractivity contribution in [2.24, 2.45) is 5.73 Å². The second-order valence-corrected chi connectivity index (χ2v) is 4.19. The Labute approximate surface area is 90.3 Å². The molecular formula is C11H18N4. The van der Waals surface area contributed by atoms with E-state index in [1.807, 2.05) is 6.92 Å². The van der Waals surface area contributed by atoms with E-state index in [1.54, 1.807) is 12.4 Å². The Morgan fingerprint density at radius 2 is 2.00 bits per heavy atom. The van der Waals surface area contributed by atoms with Gasteiger partial charge in [-0.2, -0.15) is 0 Å². The molecule has 0 bridgehead atoms. The summed E-state index contributed by atoms with van der Waals surface area (Å²) >= 11 is 0. The Morgan fingerprint density at radius 3 is 2.73 bits per heavy atom. The van der Waals surface area contributed by atoms with Crippen LogP contribution < -0.4 is 11.1 Å². The van der Waals surface area contributed by atoms with Gasteiger partial charge in [0.1, 0.15) is 5.82 Å². The molecule has 4 heteroatoms. The van der Waals surface area contributed by atoms with E-state index in [2.05, 4.69) is 15.3 Å². The molecular weight excluding hydrogens is 188 g/mol. The fraction of sp³-hybridized carbons (Fsp3) is 0.636. The predicted molar refractivity (Wildman–Crippen MR) is 60.6 cm³/mol. The summed E-state index contributed by atoms with van der Waals surface area (Å²) in [5, 5.41) is 3.40. The van der Waals surface area contributed by atoms with Crippen LogP contribution in [0.3, 0.4) is 0 Å². The van der Waals surface area contributed by atoms with Crippen molar-refractivity contribution in [3.63, 3.8) is 0 Å². The van der Waals surface area contributed by atoms with Gasteiger partial charge in [-0.25, -0.2) is 4.98 Å². The van der Waals surface area contributed by atoms with Crippen LogP contribution in [0, 0.1) is 6.92 Å². The molecule has 2 unspecified atom stereocenters. The van der Waals surface area contributed by atoms with Gasteiger partial charge in [0.2, 0.25) is 0 Å². The Morgan fingerprint density at radius 1 is 1.27 bits per heavy atom. The molecule has 1 aromatic rings. The number of anilines is 1. The first kappa shape index (κ1) is 10.4. The molecule has 1 fully saturated rings. The van der Waals surface area contributed by atoms with E-state index >= 15 is 0 Å². The normalized spacial score (nSPS) is 26.3. The lowest BCUT2D eigenvalue weighted by Gasteiger charge is -2.29. The molecule has 1 aliphatic carbocycles. The van der Waals surface area contributed by atoms with Crippen molar-refractivity contribution in [3.8, 4) is 0 Å². The number of nitrogens with one attached hydrogen (secondary N) is 1. The summed E-state index contributed by atoms with van der Waals surface area (Å²) in [6.45, 7) is 1.96. The first-order chi connectivity index (χ1) is 7.27. The average Bonchev–Trinajstić information content (AvgIpc) is 2.24. The number of aryl methyl sites for hydroxylation is 1. The number of hydrogen-bond acceptors (Lipinski definition) is 4. The molecule has 2 atom stereocenters. The van der Waals surface area contributed by atoms with Crippen molar-refractivity contribution in [1.82, 2.24) is 9.97 Å². The first-order valence-electron chi connectivity index (χ1n) is 5.57. The smallest absolute Gasteiger partial charge is 0.147 e. The lowest BCUT2D eigenvalue weighted by Crippen LogP contribution is -2.42. The van der Waals surface area contributed by atoms with E-state index in [-0.39, 0.29) is 6.04 Å². The Bertz CT molecular complexity index is 326. The molecule has 2 rings (SSSR count). The highest BCUT2D eigenvalue weighted by molar-refractivity contribution is 5.39. The number of rotatable bonds is 2. The molecule has 0 radical (unpaired) electrons. The van der Waals surface area contributed by atoms with Crippen LogP contribution in [0.25, 0.3) is 0 Å². The summed E-state index contributed by atoms with van der Waals surface area (Å²) < 4.78 is 0. The molecule has 82 valence electrons. The van der Waals surface area contributed by atoms with Gasteiger partial charge in [0.25, 0.3) is 0 Å². The summed E-state index contributed by atoms with van der Waals surface area (Å²) in [7, 11) is 0. The van der Waals surface area contributed by atoms with Crippen LogP contribution in [0.5, 0.6) is 0 Å². The van der Waals surface area contributed by atoms with Crippen LogP contribution in [0.4, 0.5) is 5.82 Å². The summed E-state index contributed by atoms with van der Waals surface area (Å²) in [4.78, 5) is 8.48.